The van der Waals surface area contributed by atoms with Crippen LogP contribution in [0.5, 0.6) is 0 Å². The van der Waals surface area contributed by atoms with E-state index in [4.69, 9.17) is 4.55 Å². The van der Waals surface area contributed by atoms with Crippen LogP contribution in [0, 0.1) is 0 Å². The second-order valence-corrected chi connectivity index (χ2v) is 6.42. The summed E-state index contributed by atoms with van der Waals surface area (Å²) in [5.41, 5.74) is 5.57. The fourth-order valence-electron chi connectivity index (χ4n) is 2.27. The molecule has 2 aromatic carbocycles. The molecule has 6 nitrogen and oxygen atoms in total. The van der Waals surface area contributed by atoms with Crippen molar-refractivity contribution in [1.29, 1.82) is 0 Å². The molecule has 1 aliphatic carbocycles. The van der Waals surface area contributed by atoms with E-state index in [2.05, 4.69) is 10.5 Å². The van der Waals surface area contributed by atoms with Crippen LogP contribution in [0.15, 0.2) is 64.6 Å². The number of anilines is 1. The van der Waals surface area contributed by atoms with Crippen molar-refractivity contribution < 1.29 is 18.1 Å². The minimum Gasteiger partial charge on any atom is -0.383 e. The zero-order valence-corrected chi connectivity index (χ0v) is 12.7. The molecule has 0 saturated heterocycles. The average Bonchev–Trinajstić information content (AvgIpc) is 2.53. The van der Waals surface area contributed by atoms with Crippen molar-refractivity contribution in [1.82, 2.24) is 0 Å². The Morgan fingerprint density at radius 2 is 1.74 bits per heavy atom. The first kappa shape index (κ1) is 15.4. The van der Waals surface area contributed by atoms with Gasteiger partial charge < -0.3 is 5.11 Å². The maximum atomic E-state index is 11.0. The number of nitrogens with zero attached hydrogens (tertiary/aromatic N) is 1. The molecule has 3 N–H and O–H groups in total. The molecule has 1 unspecified atom stereocenters. The quantitative estimate of drug-likeness (QED) is 0.591. The van der Waals surface area contributed by atoms with Crippen LogP contribution < -0.4 is 5.43 Å². The molecule has 23 heavy (non-hydrogen) atoms. The van der Waals surface area contributed by atoms with E-state index in [0.29, 0.717) is 11.4 Å². The van der Waals surface area contributed by atoms with E-state index >= 15 is 0 Å². The number of benzene rings is 2. The molecule has 0 fully saturated rings. The Hall–Kier alpha value is -2.48. The lowest BCUT2D eigenvalue weighted by Crippen LogP contribution is -2.24. The molecule has 1 atom stereocenters. The van der Waals surface area contributed by atoms with Gasteiger partial charge in [0.1, 0.15) is 11.8 Å². The Morgan fingerprint density at radius 1 is 1.04 bits per heavy atom. The summed E-state index contributed by atoms with van der Waals surface area (Å²) in [6, 6.07) is 13.0. The highest BCUT2D eigenvalue weighted by molar-refractivity contribution is 7.85. The number of aliphatic hydroxyl groups is 1. The van der Waals surface area contributed by atoms with Crippen molar-refractivity contribution in [2.75, 3.05) is 5.43 Å². The van der Waals surface area contributed by atoms with Gasteiger partial charge in [0.25, 0.3) is 10.1 Å². The van der Waals surface area contributed by atoms with Gasteiger partial charge >= 0.3 is 0 Å². The number of fused-ring (bicyclic) bond motifs is 1. The van der Waals surface area contributed by atoms with Crippen LogP contribution in [0.25, 0.3) is 6.08 Å². The number of nitrogens with one attached hydrogen (secondary N) is 1. The fraction of sp³-hybridized carbons (Fsp3) is 0.0625. The van der Waals surface area contributed by atoms with E-state index in [1.54, 1.807) is 6.08 Å². The van der Waals surface area contributed by atoms with Crippen LogP contribution in [-0.4, -0.2) is 29.9 Å². The topological polar surface area (TPSA) is 99.0 Å². The summed E-state index contributed by atoms with van der Waals surface area (Å²) >= 11 is 0. The van der Waals surface area contributed by atoms with Gasteiger partial charge in [-0.3, -0.25) is 9.98 Å². The van der Waals surface area contributed by atoms with Crippen molar-refractivity contribution in [3.8, 4) is 0 Å². The second kappa shape index (κ2) is 5.96. The Morgan fingerprint density at radius 3 is 2.43 bits per heavy atom. The summed E-state index contributed by atoms with van der Waals surface area (Å²) in [5, 5.41) is 14.3. The molecule has 0 heterocycles. The Kier molecular flexibility index (Phi) is 3.99. The van der Waals surface area contributed by atoms with E-state index in [9.17, 15) is 13.5 Å². The molecular weight excluding hydrogens is 316 g/mol. The highest BCUT2D eigenvalue weighted by atomic mass is 32.2. The molecule has 0 radical (unpaired) electrons. The van der Waals surface area contributed by atoms with Crippen LogP contribution in [0.2, 0.25) is 0 Å². The van der Waals surface area contributed by atoms with Gasteiger partial charge in [-0.05, 0) is 35.9 Å². The Balaban J connectivity index is 1.86. The largest absolute Gasteiger partial charge is 0.383 e. The van der Waals surface area contributed by atoms with Gasteiger partial charge in [0.05, 0.1) is 10.6 Å². The number of hydrazone groups is 1. The molecule has 0 bridgehead atoms. The first-order valence-electron chi connectivity index (χ1n) is 6.82. The lowest BCUT2D eigenvalue weighted by atomic mass is 9.94. The molecule has 1 aliphatic rings. The maximum absolute atomic E-state index is 11.0. The van der Waals surface area contributed by atoms with Gasteiger partial charge in [-0.1, -0.05) is 30.3 Å². The van der Waals surface area contributed by atoms with Gasteiger partial charge in [0.2, 0.25) is 0 Å². The fourth-order valence-corrected chi connectivity index (χ4v) is 2.75. The third-order valence-corrected chi connectivity index (χ3v) is 4.30. The first-order valence-corrected chi connectivity index (χ1v) is 8.26. The molecule has 7 heteroatoms. The average molecular weight is 330 g/mol. The maximum Gasteiger partial charge on any atom is 0.294 e. The molecule has 3 rings (SSSR count). The van der Waals surface area contributed by atoms with Crippen LogP contribution in [0.4, 0.5) is 5.69 Å². The van der Waals surface area contributed by atoms with Crippen molar-refractivity contribution in [2.45, 2.75) is 11.0 Å². The lowest BCUT2D eigenvalue weighted by Gasteiger charge is -2.18. The number of hydrogen-bond donors (Lipinski definition) is 3. The van der Waals surface area contributed by atoms with E-state index in [1.807, 2.05) is 30.3 Å². The number of aliphatic hydroxyl groups excluding tert-OH is 1. The summed E-state index contributed by atoms with van der Waals surface area (Å²) in [5.74, 6) is 0. The van der Waals surface area contributed by atoms with Crippen LogP contribution >= 0.6 is 0 Å². The molecule has 0 saturated carbocycles. The third kappa shape index (κ3) is 3.31. The molecule has 0 aromatic heterocycles. The standard InChI is InChI=1S/C16H14N2O4S/c19-15-10-5-11-3-1-2-4-14(11)16(15)18-17-12-6-8-13(9-7-12)23(20,21)22/h1-10,15,17,19H,(H,20,21,22)/b18-16-. The van der Waals surface area contributed by atoms with E-state index in [1.165, 1.54) is 24.3 Å². The van der Waals surface area contributed by atoms with Gasteiger partial charge in [0.15, 0.2) is 0 Å². The van der Waals surface area contributed by atoms with Gasteiger partial charge in [-0.15, -0.1) is 0 Å². The molecule has 0 aliphatic heterocycles. The van der Waals surface area contributed by atoms with Crippen LogP contribution in [-0.2, 0) is 10.1 Å². The summed E-state index contributed by atoms with van der Waals surface area (Å²) < 4.78 is 30.9. The third-order valence-electron chi connectivity index (χ3n) is 3.43. The molecule has 118 valence electrons. The number of rotatable bonds is 3. The van der Waals surface area contributed by atoms with Crippen molar-refractivity contribution in [2.24, 2.45) is 5.10 Å². The van der Waals surface area contributed by atoms with E-state index < -0.39 is 16.2 Å². The Labute approximate surface area is 133 Å². The Bertz CT molecular complexity index is 887. The second-order valence-electron chi connectivity index (χ2n) is 5.00. The smallest absolute Gasteiger partial charge is 0.294 e. The van der Waals surface area contributed by atoms with Crippen molar-refractivity contribution >= 4 is 27.6 Å². The van der Waals surface area contributed by atoms with Crippen molar-refractivity contribution in [3.05, 3.63) is 65.7 Å². The molecular formula is C16H14N2O4S. The summed E-state index contributed by atoms with van der Waals surface area (Å²) in [6.07, 6.45) is 2.65. The monoisotopic (exact) mass is 330 g/mol. The van der Waals surface area contributed by atoms with Crippen molar-refractivity contribution in [3.63, 3.8) is 0 Å². The summed E-state index contributed by atoms with van der Waals surface area (Å²) in [4.78, 5) is -0.193. The lowest BCUT2D eigenvalue weighted by molar-refractivity contribution is 0.289. The van der Waals surface area contributed by atoms with Gasteiger partial charge in [-0.2, -0.15) is 13.5 Å². The summed E-state index contributed by atoms with van der Waals surface area (Å²) in [7, 11) is -4.22. The highest BCUT2D eigenvalue weighted by Crippen LogP contribution is 2.20. The van der Waals surface area contributed by atoms with Gasteiger partial charge in [0, 0.05) is 5.56 Å². The summed E-state index contributed by atoms with van der Waals surface area (Å²) in [6.45, 7) is 0. The molecule has 0 amide bonds. The first-order chi connectivity index (χ1) is 10.9. The highest BCUT2D eigenvalue weighted by Gasteiger charge is 2.19. The van der Waals surface area contributed by atoms with Crippen LogP contribution in [0.3, 0.4) is 0 Å². The van der Waals surface area contributed by atoms with E-state index in [0.717, 1.165) is 11.1 Å². The zero-order chi connectivity index (χ0) is 16.4. The molecule has 0 spiro atoms. The normalized spacial score (nSPS) is 18.7. The SMILES string of the molecule is O=S(=O)(O)c1ccc(N/N=C2/c3ccccc3C=CC2O)cc1. The van der Waals surface area contributed by atoms with Gasteiger partial charge in [-0.25, -0.2) is 0 Å². The number of hydrogen-bond acceptors (Lipinski definition) is 5. The predicted octanol–water partition coefficient (Wildman–Crippen LogP) is 2.14. The zero-order valence-electron chi connectivity index (χ0n) is 11.9. The van der Waals surface area contributed by atoms with E-state index in [-0.39, 0.29) is 4.90 Å². The molecule has 2 aromatic rings. The minimum atomic E-state index is -4.22. The minimum absolute atomic E-state index is 0.193. The predicted molar refractivity (Wildman–Crippen MR) is 87.9 cm³/mol. The van der Waals surface area contributed by atoms with Crippen LogP contribution in [0.1, 0.15) is 11.1 Å².